The van der Waals surface area contributed by atoms with Gasteiger partial charge in [0.2, 0.25) is 0 Å². The van der Waals surface area contributed by atoms with Gasteiger partial charge in [0.05, 0.1) is 30.7 Å². The molecule has 16 heteroatoms. The predicted octanol–water partition coefficient (Wildman–Crippen LogP) is 1.04. The highest BCUT2D eigenvalue weighted by molar-refractivity contribution is 7.52. The quantitative estimate of drug-likeness (QED) is 0.153. The van der Waals surface area contributed by atoms with Gasteiger partial charge >= 0.3 is 19.4 Å². The van der Waals surface area contributed by atoms with Crippen LogP contribution >= 0.6 is 19.3 Å². The first-order valence-corrected chi connectivity index (χ1v) is 13.4. The Morgan fingerprint density at radius 2 is 2.00 bits per heavy atom. The Morgan fingerprint density at radius 1 is 1.32 bits per heavy atom. The summed E-state index contributed by atoms with van der Waals surface area (Å²) in [6.07, 6.45) is -3.68. The number of carbonyl (C=O) groups is 1. The molecule has 0 bridgehead atoms. The summed E-state index contributed by atoms with van der Waals surface area (Å²) >= 11 is 6.32. The lowest BCUT2D eigenvalue weighted by Crippen LogP contribution is -2.45. The molecule has 3 rings (SSSR count). The molecule has 1 aliphatic heterocycles. The number of carbonyl (C=O) groups excluding carboxylic acids is 1. The van der Waals surface area contributed by atoms with Gasteiger partial charge in [-0.15, -0.1) is 11.6 Å². The van der Waals surface area contributed by atoms with Crippen LogP contribution in [0.4, 0.5) is 0 Å². The monoisotopic (exact) mass is 571 g/mol. The number of hydrogen-bond acceptors (Lipinski definition) is 10. The Balaban J connectivity index is 1.83. The zero-order chi connectivity index (χ0) is 28.3. The molecule has 0 saturated carbocycles. The third-order valence-corrected chi connectivity index (χ3v) is 7.38. The molecule has 206 valence electrons. The number of halogens is 1. The fourth-order valence-electron chi connectivity index (χ4n) is 3.48. The summed E-state index contributed by atoms with van der Waals surface area (Å²) in [5.74, 6) is -0.227. The van der Waals surface area contributed by atoms with E-state index >= 15 is 0 Å². The average molecular weight is 572 g/mol. The number of methoxy groups -OCH3 is 1. The van der Waals surface area contributed by atoms with Gasteiger partial charge in [0, 0.05) is 18.3 Å². The Hall–Kier alpha value is -2.61. The minimum absolute atomic E-state index is 0.0840. The van der Waals surface area contributed by atoms with Gasteiger partial charge in [0.1, 0.15) is 31.5 Å². The molecule has 13 nitrogen and oxygen atoms in total. The van der Waals surface area contributed by atoms with Gasteiger partial charge < -0.3 is 23.8 Å². The predicted molar refractivity (Wildman–Crippen MR) is 137 cm³/mol. The number of aliphatic hydroxyl groups is 1. The minimum Gasteiger partial charge on any atom is -0.497 e. The molecule has 1 fully saturated rings. The standard InChI is InChI=1S/C22H28BClN3O10P/c1-12(2)35-19(30)13(3)26-38(32,37-15-7-5-6-14(10-15)33-4)34-11-16-18(29)22(23,24)20(36-16)27-9-8-17(28)25-21(27)31/h5-10,12-13,16,18,20,29H,11H2,1-4H3,(H,26,32)(H,25,28,31)/t13-,16+,18+,20+,22-,38+/m0/s1. The fourth-order valence-corrected chi connectivity index (χ4v) is 5.27. The zero-order valence-electron chi connectivity index (χ0n) is 21.0. The first-order valence-electron chi connectivity index (χ1n) is 11.4. The minimum atomic E-state index is -4.35. The van der Waals surface area contributed by atoms with Gasteiger partial charge in [0.25, 0.3) is 5.56 Å². The van der Waals surface area contributed by atoms with E-state index in [0.717, 1.165) is 16.8 Å². The number of H-pyrrole nitrogens is 1. The first-order chi connectivity index (χ1) is 17.8. The number of esters is 1. The van der Waals surface area contributed by atoms with Gasteiger partial charge in [-0.1, -0.05) is 6.07 Å². The number of hydrogen-bond donors (Lipinski definition) is 3. The highest BCUT2D eigenvalue weighted by Crippen LogP contribution is 2.47. The molecule has 2 heterocycles. The fraction of sp³-hybridized carbons (Fsp3) is 0.500. The van der Waals surface area contributed by atoms with E-state index in [1.165, 1.54) is 26.2 Å². The Bertz CT molecular complexity index is 1300. The van der Waals surface area contributed by atoms with Crippen molar-refractivity contribution < 1.29 is 37.7 Å². The summed E-state index contributed by atoms with van der Waals surface area (Å²) in [6, 6.07) is 6.07. The third kappa shape index (κ3) is 7.07. The number of rotatable bonds is 11. The molecule has 0 amide bonds. The van der Waals surface area contributed by atoms with E-state index in [1.54, 1.807) is 26.0 Å². The van der Waals surface area contributed by atoms with Crippen molar-refractivity contribution in [1.29, 1.82) is 0 Å². The van der Waals surface area contributed by atoms with Crippen LogP contribution in [-0.4, -0.2) is 71.3 Å². The van der Waals surface area contributed by atoms with Crippen molar-refractivity contribution in [3.05, 3.63) is 57.4 Å². The van der Waals surface area contributed by atoms with Crippen molar-refractivity contribution in [3.8, 4) is 11.5 Å². The normalized spacial score (nSPS) is 25.5. The SMILES string of the molecule is [B][C@]1(Cl)[C@H](O)[C@@H](CO[P@](=O)(N[C@@H](C)C(=O)OC(C)C)Oc2cccc(OC)c2)O[C@H]1n1ccc(=O)[nH]c1=O. The molecule has 1 aromatic heterocycles. The van der Waals surface area contributed by atoms with E-state index < -0.39 is 66.9 Å². The van der Waals surface area contributed by atoms with Crippen LogP contribution in [0.5, 0.6) is 11.5 Å². The van der Waals surface area contributed by atoms with Crippen molar-refractivity contribution in [1.82, 2.24) is 14.6 Å². The summed E-state index contributed by atoms with van der Waals surface area (Å²) in [6.45, 7) is 4.11. The first kappa shape index (κ1) is 29.9. The molecule has 0 unspecified atom stereocenters. The molecule has 38 heavy (non-hydrogen) atoms. The number of ether oxygens (including phenoxy) is 3. The second-order valence-corrected chi connectivity index (χ2v) is 11.1. The van der Waals surface area contributed by atoms with Gasteiger partial charge in [0.15, 0.2) is 6.23 Å². The van der Waals surface area contributed by atoms with Gasteiger partial charge in [-0.25, -0.2) is 9.36 Å². The maximum atomic E-state index is 13.8. The van der Waals surface area contributed by atoms with Crippen molar-refractivity contribution in [2.24, 2.45) is 0 Å². The van der Waals surface area contributed by atoms with Crippen molar-refractivity contribution in [2.45, 2.75) is 56.1 Å². The smallest absolute Gasteiger partial charge is 0.459 e. The molecule has 1 aromatic carbocycles. The van der Waals surface area contributed by atoms with Crippen LogP contribution in [0.2, 0.25) is 0 Å². The molecule has 1 aliphatic rings. The largest absolute Gasteiger partial charge is 0.497 e. The molecule has 0 aliphatic carbocycles. The summed E-state index contributed by atoms with van der Waals surface area (Å²) < 4.78 is 39.7. The molecular formula is C22H28BClN3O10P. The Morgan fingerprint density at radius 3 is 2.63 bits per heavy atom. The van der Waals surface area contributed by atoms with Crippen molar-refractivity contribution >= 4 is 33.2 Å². The Labute approximate surface area is 224 Å². The van der Waals surface area contributed by atoms with E-state index in [0.29, 0.717) is 5.75 Å². The van der Waals surface area contributed by atoms with E-state index in [2.05, 4.69) is 5.09 Å². The van der Waals surface area contributed by atoms with E-state index in [9.17, 15) is 24.1 Å². The molecule has 0 spiro atoms. The van der Waals surface area contributed by atoms with Crippen LogP contribution in [0, 0.1) is 0 Å². The van der Waals surface area contributed by atoms with Gasteiger partial charge in [-0.05, 0) is 32.9 Å². The summed E-state index contributed by atoms with van der Waals surface area (Å²) in [4.78, 5) is 38.0. The van der Waals surface area contributed by atoms with Crippen LogP contribution in [-0.2, 0) is 23.4 Å². The number of aromatic amines is 1. The highest BCUT2D eigenvalue weighted by atomic mass is 35.5. The number of alkyl halides is 1. The maximum absolute atomic E-state index is 13.8. The molecular weight excluding hydrogens is 543 g/mol. The van der Waals surface area contributed by atoms with E-state index in [1.807, 2.05) is 4.98 Å². The van der Waals surface area contributed by atoms with Crippen LogP contribution in [0.1, 0.15) is 27.0 Å². The molecule has 2 aromatic rings. The molecule has 1 saturated heterocycles. The van der Waals surface area contributed by atoms with E-state index in [-0.39, 0.29) is 5.75 Å². The Kier molecular flexibility index (Phi) is 9.50. The molecule has 2 radical (unpaired) electrons. The second kappa shape index (κ2) is 12.1. The lowest BCUT2D eigenvalue weighted by molar-refractivity contribution is -0.149. The molecule has 3 N–H and O–H groups in total. The topological polar surface area (TPSA) is 167 Å². The lowest BCUT2D eigenvalue weighted by Gasteiger charge is -2.27. The van der Waals surface area contributed by atoms with Gasteiger partial charge in [-0.2, -0.15) is 5.09 Å². The van der Waals surface area contributed by atoms with Gasteiger partial charge in [-0.3, -0.25) is 23.7 Å². The zero-order valence-corrected chi connectivity index (χ0v) is 22.7. The average Bonchev–Trinajstić information content (AvgIpc) is 3.06. The summed E-state index contributed by atoms with van der Waals surface area (Å²) in [5, 5.41) is 13.2. The second-order valence-electron chi connectivity index (χ2n) is 8.72. The molecule has 6 atom stereocenters. The lowest BCUT2D eigenvalue weighted by atomic mass is 9.79. The van der Waals surface area contributed by atoms with Crippen LogP contribution in [0.25, 0.3) is 0 Å². The summed E-state index contributed by atoms with van der Waals surface area (Å²) in [7, 11) is 3.13. The van der Waals surface area contributed by atoms with Crippen LogP contribution in [0.15, 0.2) is 46.1 Å². The number of nitrogens with zero attached hydrogens (tertiary/aromatic N) is 1. The maximum Gasteiger partial charge on any atom is 0.459 e. The number of aromatic nitrogens is 2. The number of aliphatic hydroxyl groups excluding tert-OH is 1. The van der Waals surface area contributed by atoms with E-state index in [4.69, 9.17) is 42.7 Å². The number of nitrogens with one attached hydrogen (secondary N) is 2. The van der Waals surface area contributed by atoms with Crippen molar-refractivity contribution in [2.75, 3.05) is 13.7 Å². The van der Waals surface area contributed by atoms with Crippen molar-refractivity contribution in [3.63, 3.8) is 0 Å². The number of benzene rings is 1. The van der Waals surface area contributed by atoms with Crippen LogP contribution in [0.3, 0.4) is 0 Å². The third-order valence-electron chi connectivity index (χ3n) is 5.32. The summed E-state index contributed by atoms with van der Waals surface area (Å²) in [5.41, 5.74) is -1.54. The van der Waals surface area contributed by atoms with Crippen LogP contribution < -0.4 is 25.6 Å². The highest BCUT2D eigenvalue weighted by Gasteiger charge is 2.53.